The van der Waals surface area contributed by atoms with Gasteiger partial charge in [0.05, 0.1) is 0 Å². The maximum atomic E-state index is 4.33. The van der Waals surface area contributed by atoms with Crippen molar-refractivity contribution in [1.82, 2.24) is 0 Å². The predicted octanol–water partition coefficient (Wildman–Crippen LogP) is 5.06. The maximum Gasteiger partial charge on any atom is 0 e. The van der Waals surface area contributed by atoms with E-state index in [9.17, 15) is 0 Å². The summed E-state index contributed by atoms with van der Waals surface area (Å²) < 4.78 is 0. The van der Waals surface area contributed by atoms with Gasteiger partial charge in [-0.2, -0.15) is 14.1 Å². The molecular formula is C15H34CoN4-4. The number of hydrogen-bond acceptors (Lipinski definition) is 0. The summed E-state index contributed by atoms with van der Waals surface area (Å²) >= 11 is 0. The molecule has 0 aliphatic carbocycles. The SMILES string of the molecule is CC(C)[N-]C[N-]C(C)(C)C.C[N-]C(C)CC(C)[N-]C.[Co]. The van der Waals surface area contributed by atoms with Crippen molar-refractivity contribution in [3.8, 4) is 0 Å². The molecule has 1 radical (unpaired) electrons. The van der Waals surface area contributed by atoms with Gasteiger partial charge < -0.3 is 21.3 Å². The number of hydrogen-bond donors (Lipinski definition) is 0. The van der Waals surface area contributed by atoms with Crippen molar-refractivity contribution in [3.63, 3.8) is 0 Å². The van der Waals surface area contributed by atoms with Crippen LogP contribution >= 0.6 is 0 Å². The summed E-state index contributed by atoms with van der Waals surface area (Å²) in [6.45, 7) is 15.3. The molecule has 0 aromatic rings. The summed E-state index contributed by atoms with van der Waals surface area (Å²) in [6.07, 6.45) is 1.08. The summed E-state index contributed by atoms with van der Waals surface area (Å²) in [6, 6.07) is 1.33. The smallest absolute Gasteiger partial charge is 0 e. The molecule has 0 aliphatic heterocycles. The fourth-order valence-corrected chi connectivity index (χ4v) is 1.12. The average Bonchev–Trinajstić information content (AvgIpc) is 2.27. The van der Waals surface area contributed by atoms with E-state index in [0.717, 1.165) is 6.42 Å². The fourth-order valence-electron chi connectivity index (χ4n) is 1.12. The second-order valence-electron chi connectivity index (χ2n) is 6.20. The van der Waals surface area contributed by atoms with Gasteiger partial charge in [-0.15, -0.1) is 23.7 Å². The van der Waals surface area contributed by atoms with Gasteiger partial charge in [-0.25, -0.2) is 0 Å². The van der Waals surface area contributed by atoms with Gasteiger partial charge >= 0.3 is 0 Å². The Labute approximate surface area is 137 Å². The molecule has 0 N–H and O–H groups in total. The standard InChI is InChI=1S/C8H18N2.C7H16N2.Co/c1-7(2)9-6-10-8(3,4)5;1-6(8-3)5-7(2)9-4;/h7H,6H2,1-5H3;6-7H,5H2,1-4H3;/q2*-2;. The van der Waals surface area contributed by atoms with E-state index in [0.29, 0.717) is 24.8 Å². The Morgan fingerprint density at radius 3 is 1.50 bits per heavy atom. The molecule has 4 nitrogen and oxygen atoms in total. The second kappa shape index (κ2) is 14.3. The molecule has 0 saturated carbocycles. The third kappa shape index (κ3) is 23.4. The average molecular weight is 329 g/mol. The van der Waals surface area contributed by atoms with Gasteiger partial charge in [0.1, 0.15) is 0 Å². The van der Waals surface area contributed by atoms with Gasteiger partial charge in [0, 0.05) is 16.8 Å². The van der Waals surface area contributed by atoms with E-state index >= 15 is 0 Å². The first-order chi connectivity index (χ1) is 8.62. The molecule has 0 aromatic carbocycles. The van der Waals surface area contributed by atoms with Gasteiger partial charge in [-0.05, 0) is 0 Å². The predicted molar refractivity (Wildman–Crippen MR) is 88.6 cm³/mol. The minimum Gasteiger partial charge on any atom is -0.678 e. The summed E-state index contributed by atoms with van der Waals surface area (Å²) in [5, 5.41) is 16.8. The molecule has 0 spiro atoms. The molecular weight excluding hydrogens is 295 g/mol. The molecule has 0 heterocycles. The zero-order chi connectivity index (χ0) is 15.5. The van der Waals surface area contributed by atoms with E-state index < -0.39 is 0 Å². The summed E-state index contributed by atoms with van der Waals surface area (Å²) in [4.78, 5) is 0. The molecule has 0 fully saturated rings. The molecule has 0 aromatic heterocycles. The van der Waals surface area contributed by atoms with Gasteiger partial charge in [-0.3, -0.25) is 6.67 Å². The molecule has 2 atom stereocenters. The summed E-state index contributed by atoms with van der Waals surface area (Å²) in [7, 11) is 3.71. The minimum absolute atomic E-state index is 0. The van der Waals surface area contributed by atoms with Gasteiger partial charge in [0.2, 0.25) is 0 Å². The van der Waals surface area contributed by atoms with Crippen molar-refractivity contribution in [2.45, 2.75) is 78.6 Å². The Kier molecular flexibility index (Phi) is 18.1. The quantitative estimate of drug-likeness (QED) is 0.627. The molecule has 0 bridgehead atoms. The van der Waals surface area contributed by atoms with Gasteiger partial charge in [0.25, 0.3) is 0 Å². The van der Waals surface area contributed by atoms with Crippen LogP contribution in [0.3, 0.4) is 0 Å². The van der Waals surface area contributed by atoms with Crippen LogP contribution < -0.4 is 0 Å². The maximum absolute atomic E-state index is 4.33. The van der Waals surface area contributed by atoms with Crippen LogP contribution in [0.1, 0.15) is 54.9 Å². The Bertz CT molecular complexity index is 185. The molecule has 127 valence electrons. The Morgan fingerprint density at radius 1 is 0.850 bits per heavy atom. The first-order valence-corrected chi connectivity index (χ1v) is 7.15. The van der Waals surface area contributed by atoms with Crippen LogP contribution in [-0.4, -0.2) is 44.4 Å². The molecule has 0 aliphatic rings. The molecule has 2 unspecified atom stereocenters. The molecule has 0 amide bonds. The van der Waals surface area contributed by atoms with E-state index in [1.54, 1.807) is 0 Å². The van der Waals surface area contributed by atoms with Crippen LogP contribution in [0.5, 0.6) is 0 Å². The minimum atomic E-state index is 0. The third-order valence-corrected chi connectivity index (χ3v) is 2.56. The topological polar surface area (TPSA) is 56.4 Å². The monoisotopic (exact) mass is 329 g/mol. The van der Waals surface area contributed by atoms with Crippen LogP contribution in [0.4, 0.5) is 0 Å². The molecule has 5 heteroatoms. The van der Waals surface area contributed by atoms with Crippen LogP contribution in [0.25, 0.3) is 21.3 Å². The Morgan fingerprint density at radius 2 is 1.25 bits per heavy atom. The van der Waals surface area contributed by atoms with E-state index in [1.807, 2.05) is 14.1 Å². The van der Waals surface area contributed by atoms with E-state index in [1.165, 1.54) is 0 Å². The first kappa shape index (κ1) is 25.3. The normalized spacial score (nSPS) is 14.1. The van der Waals surface area contributed by atoms with Crippen LogP contribution in [0, 0.1) is 0 Å². The van der Waals surface area contributed by atoms with Crippen molar-refractivity contribution in [3.05, 3.63) is 21.3 Å². The Balaban J connectivity index is -0.000000277. The Hall–Kier alpha value is 0.346. The van der Waals surface area contributed by atoms with Crippen molar-refractivity contribution >= 4 is 0 Å². The van der Waals surface area contributed by atoms with Crippen molar-refractivity contribution in [1.29, 1.82) is 0 Å². The summed E-state index contributed by atoms with van der Waals surface area (Å²) in [5.74, 6) is 0. The van der Waals surface area contributed by atoms with E-state index in [2.05, 4.69) is 69.7 Å². The van der Waals surface area contributed by atoms with Crippen molar-refractivity contribution < 1.29 is 16.8 Å². The van der Waals surface area contributed by atoms with E-state index in [-0.39, 0.29) is 22.3 Å². The largest absolute Gasteiger partial charge is 0.678 e. The van der Waals surface area contributed by atoms with E-state index in [4.69, 9.17) is 0 Å². The van der Waals surface area contributed by atoms with Crippen LogP contribution in [0.2, 0.25) is 0 Å². The zero-order valence-electron chi connectivity index (χ0n) is 14.8. The number of nitrogens with zero attached hydrogens (tertiary/aromatic N) is 4. The zero-order valence-corrected chi connectivity index (χ0v) is 15.8. The third-order valence-electron chi connectivity index (χ3n) is 2.56. The van der Waals surface area contributed by atoms with Crippen LogP contribution in [0.15, 0.2) is 0 Å². The van der Waals surface area contributed by atoms with Gasteiger partial charge in [-0.1, -0.05) is 54.9 Å². The molecule has 0 rings (SSSR count). The van der Waals surface area contributed by atoms with Crippen LogP contribution in [-0.2, 0) is 16.8 Å². The fraction of sp³-hybridized carbons (Fsp3) is 1.00. The first-order valence-electron chi connectivity index (χ1n) is 7.15. The molecule has 0 saturated heterocycles. The van der Waals surface area contributed by atoms with Crippen molar-refractivity contribution in [2.75, 3.05) is 20.8 Å². The van der Waals surface area contributed by atoms with Gasteiger partial charge in [0.15, 0.2) is 0 Å². The molecule has 20 heavy (non-hydrogen) atoms. The second-order valence-corrected chi connectivity index (χ2v) is 6.20. The summed E-state index contributed by atoms with van der Waals surface area (Å²) in [5.41, 5.74) is 0.0678. The number of rotatable bonds is 7. The van der Waals surface area contributed by atoms with Crippen molar-refractivity contribution in [2.24, 2.45) is 0 Å².